The summed E-state index contributed by atoms with van der Waals surface area (Å²) in [5, 5.41) is 4.54. The molecule has 0 bridgehead atoms. The smallest absolute Gasteiger partial charge is 0.133 e. The van der Waals surface area contributed by atoms with Gasteiger partial charge in [-0.2, -0.15) is 5.10 Å². The van der Waals surface area contributed by atoms with Gasteiger partial charge in [-0.1, -0.05) is 0 Å². The Hall–Kier alpha value is -1.32. The molecule has 0 radical (unpaired) electrons. The number of aromatic nitrogens is 2. The van der Waals surface area contributed by atoms with Gasteiger partial charge in [0.25, 0.3) is 0 Å². The van der Waals surface area contributed by atoms with Crippen LogP contribution in [0.1, 0.15) is 51.6 Å². The zero-order chi connectivity index (χ0) is 11.9. The molecule has 4 heteroatoms. The average Bonchev–Trinajstić information content (AvgIpc) is 2.70. The monoisotopic (exact) mass is 221 g/mol. The lowest BCUT2D eigenvalue weighted by Gasteiger charge is -2.20. The fourth-order valence-corrected chi connectivity index (χ4v) is 2.22. The summed E-state index contributed by atoms with van der Waals surface area (Å²) in [6.45, 7) is 6.21. The van der Waals surface area contributed by atoms with E-state index in [0.29, 0.717) is 24.4 Å². The lowest BCUT2D eigenvalue weighted by atomic mass is 10.0. The number of nitrogen functional groups attached to an aromatic ring is 1. The highest BCUT2D eigenvalue weighted by Crippen LogP contribution is 2.33. The van der Waals surface area contributed by atoms with E-state index in [1.165, 1.54) is 0 Å². The summed E-state index contributed by atoms with van der Waals surface area (Å²) < 4.78 is 1.84. The summed E-state index contributed by atoms with van der Waals surface area (Å²) in [4.78, 5) is 11.2. The van der Waals surface area contributed by atoms with Gasteiger partial charge in [-0.25, -0.2) is 4.68 Å². The number of ketones is 1. The summed E-state index contributed by atoms with van der Waals surface area (Å²) >= 11 is 0. The van der Waals surface area contributed by atoms with E-state index in [-0.39, 0.29) is 11.5 Å². The van der Waals surface area contributed by atoms with Crippen LogP contribution in [0.15, 0.2) is 6.07 Å². The molecule has 2 N–H and O–H groups in total. The first-order valence-corrected chi connectivity index (χ1v) is 5.75. The van der Waals surface area contributed by atoms with Crippen LogP contribution in [-0.4, -0.2) is 15.6 Å². The zero-order valence-electron chi connectivity index (χ0n) is 10.2. The number of anilines is 1. The maximum Gasteiger partial charge on any atom is 0.133 e. The lowest BCUT2D eigenvalue weighted by molar-refractivity contribution is -0.117. The third-order valence-corrected chi connectivity index (χ3v) is 3.06. The molecule has 0 amide bonds. The van der Waals surface area contributed by atoms with Gasteiger partial charge in [-0.05, 0) is 27.2 Å². The summed E-state index contributed by atoms with van der Waals surface area (Å²) in [7, 11) is 0. The third-order valence-electron chi connectivity index (χ3n) is 3.06. The van der Waals surface area contributed by atoms with Crippen LogP contribution in [0.3, 0.4) is 0 Å². The summed E-state index contributed by atoms with van der Waals surface area (Å²) in [5.74, 6) is 1.30. The highest BCUT2D eigenvalue weighted by molar-refractivity contribution is 5.81. The molecule has 0 spiro atoms. The van der Waals surface area contributed by atoms with Crippen molar-refractivity contribution in [2.45, 2.75) is 51.5 Å². The van der Waals surface area contributed by atoms with Crippen LogP contribution < -0.4 is 5.73 Å². The van der Waals surface area contributed by atoms with Crippen LogP contribution in [-0.2, 0) is 10.3 Å². The van der Waals surface area contributed by atoms with Crippen LogP contribution in [0.2, 0.25) is 0 Å². The first-order valence-electron chi connectivity index (χ1n) is 5.75. The Morgan fingerprint density at radius 3 is 2.62 bits per heavy atom. The van der Waals surface area contributed by atoms with Gasteiger partial charge >= 0.3 is 0 Å². The van der Waals surface area contributed by atoms with Crippen molar-refractivity contribution in [1.82, 2.24) is 9.78 Å². The van der Waals surface area contributed by atoms with Gasteiger partial charge in [0.1, 0.15) is 11.6 Å². The number of hydrogen-bond acceptors (Lipinski definition) is 3. The fourth-order valence-electron chi connectivity index (χ4n) is 2.22. The Balaban J connectivity index is 2.28. The van der Waals surface area contributed by atoms with Gasteiger partial charge < -0.3 is 5.73 Å². The minimum atomic E-state index is -0.106. The van der Waals surface area contributed by atoms with Crippen molar-refractivity contribution in [3.63, 3.8) is 0 Å². The molecule has 2 rings (SSSR count). The molecular formula is C12H19N3O. The summed E-state index contributed by atoms with van der Waals surface area (Å²) in [6, 6.07) is 1.91. The Morgan fingerprint density at radius 2 is 2.19 bits per heavy atom. The van der Waals surface area contributed by atoms with E-state index in [2.05, 4.69) is 25.9 Å². The second-order valence-corrected chi connectivity index (χ2v) is 5.56. The number of carbonyl (C=O) groups excluding carboxylic acids is 1. The molecule has 88 valence electrons. The number of nitrogens with zero attached hydrogens (tertiary/aromatic N) is 2. The van der Waals surface area contributed by atoms with Crippen molar-refractivity contribution in [3.8, 4) is 0 Å². The minimum absolute atomic E-state index is 0.106. The van der Waals surface area contributed by atoms with Gasteiger partial charge in [0.2, 0.25) is 0 Å². The second-order valence-electron chi connectivity index (χ2n) is 5.56. The maximum absolute atomic E-state index is 11.2. The van der Waals surface area contributed by atoms with E-state index in [1.807, 2.05) is 10.7 Å². The van der Waals surface area contributed by atoms with Gasteiger partial charge in [-0.15, -0.1) is 0 Å². The van der Waals surface area contributed by atoms with Gasteiger partial charge in [0.05, 0.1) is 11.2 Å². The summed E-state index contributed by atoms with van der Waals surface area (Å²) in [6.07, 6.45) is 2.23. The number of carbonyl (C=O) groups is 1. The van der Waals surface area contributed by atoms with Gasteiger partial charge in [0, 0.05) is 24.8 Å². The zero-order valence-corrected chi connectivity index (χ0v) is 10.2. The predicted octanol–water partition coefficient (Wildman–Crippen LogP) is 2.06. The van der Waals surface area contributed by atoms with Crippen molar-refractivity contribution in [2.24, 2.45) is 0 Å². The van der Waals surface area contributed by atoms with Crippen molar-refractivity contribution in [3.05, 3.63) is 11.8 Å². The quantitative estimate of drug-likeness (QED) is 0.789. The Bertz CT molecular complexity index is 414. The molecule has 0 aliphatic heterocycles. The molecule has 0 unspecified atom stereocenters. The number of nitrogens with two attached hydrogens (primary N) is 1. The Labute approximate surface area is 95.8 Å². The van der Waals surface area contributed by atoms with E-state index >= 15 is 0 Å². The van der Waals surface area contributed by atoms with Gasteiger partial charge in [-0.3, -0.25) is 4.79 Å². The summed E-state index contributed by atoms with van der Waals surface area (Å²) in [5.41, 5.74) is 6.81. The van der Waals surface area contributed by atoms with Gasteiger partial charge in [0.15, 0.2) is 0 Å². The number of hydrogen-bond donors (Lipinski definition) is 1. The van der Waals surface area contributed by atoms with E-state index in [0.717, 1.165) is 12.1 Å². The molecular weight excluding hydrogens is 202 g/mol. The predicted molar refractivity (Wildman–Crippen MR) is 63.2 cm³/mol. The molecule has 0 aromatic carbocycles. The second kappa shape index (κ2) is 3.61. The topological polar surface area (TPSA) is 60.9 Å². The number of rotatable bonds is 1. The molecule has 1 fully saturated rings. The van der Waals surface area contributed by atoms with Crippen LogP contribution in [0, 0.1) is 0 Å². The van der Waals surface area contributed by atoms with E-state index in [4.69, 9.17) is 5.73 Å². The number of Topliss-reactive ketones (excluding diaryl/α,β-unsaturated/α-hetero) is 1. The maximum atomic E-state index is 11.2. The molecule has 1 aliphatic carbocycles. The standard InChI is InChI=1S/C12H19N3O/c1-12(2,3)15-11(13)7-10(14-15)8-4-5-9(16)6-8/h7-8H,4-6,13H2,1-3H3/t8-/m1/s1. The molecule has 16 heavy (non-hydrogen) atoms. The molecule has 1 heterocycles. The van der Waals surface area contributed by atoms with Crippen molar-refractivity contribution in [1.29, 1.82) is 0 Å². The lowest BCUT2D eigenvalue weighted by Crippen LogP contribution is -2.24. The molecule has 0 saturated heterocycles. The third kappa shape index (κ3) is 1.96. The molecule has 4 nitrogen and oxygen atoms in total. The molecule has 1 saturated carbocycles. The van der Waals surface area contributed by atoms with Crippen LogP contribution >= 0.6 is 0 Å². The van der Waals surface area contributed by atoms with Crippen LogP contribution in [0.4, 0.5) is 5.82 Å². The van der Waals surface area contributed by atoms with E-state index in [9.17, 15) is 4.79 Å². The molecule has 1 atom stereocenters. The van der Waals surface area contributed by atoms with E-state index in [1.54, 1.807) is 0 Å². The fraction of sp³-hybridized carbons (Fsp3) is 0.667. The van der Waals surface area contributed by atoms with Crippen molar-refractivity contribution >= 4 is 11.6 Å². The first-order chi connectivity index (χ1) is 7.38. The molecule has 1 aliphatic rings. The normalized spacial score (nSPS) is 21.7. The van der Waals surface area contributed by atoms with Crippen LogP contribution in [0.5, 0.6) is 0 Å². The highest BCUT2D eigenvalue weighted by Gasteiger charge is 2.27. The van der Waals surface area contributed by atoms with E-state index < -0.39 is 0 Å². The molecule has 1 aromatic heterocycles. The molecule has 1 aromatic rings. The van der Waals surface area contributed by atoms with Crippen LogP contribution in [0.25, 0.3) is 0 Å². The minimum Gasteiger partial charge on any atom is -0.384 e. The first kappa shape index (κ1) is 11.2. The van der Waals surface area contributed by atoms with Crippen molar-refractivity contribution < 1.29 is 4.79 Å². The Kier molecular flexibility index (Phi) is 2.52. The largest absolute Gasteiger partial charge is 0.384 e. The average molecular weight is 221 g/mol. The highest BCUT2D eigenvalue weighted by atomic mass is 16.1. The Morgan fingerprint density at radius 1 is 1.50 bits per heavy atom. The van der Waals surface area contributed by atoms with Crippen molar-refractivity contribution in [2.75, 3.05) is 5.73 Å². The SMILES string of the molecule is CC(C)(C)n1nc([C@@H]2CCC(=O)C2)cc1N.